The smallest absolute Gasteiger partial charge is 0.254 e. The van der Waals surface area contributed by atoms with Crippen molar-refractivity contribution in [3.8, 4) is 28.4 Å². The van der Waals surface area contributed by atoms with Crippen LogP contribution in [0, 0.1) is 11.6 Å². The summed E-state index contributed by atoms with van der Waals surface area (Å²) in [4.78, 5) is 12.1. The van der Waals surface area contributed by atoms with Crippen molar-refractivity contribution < 1.29 is 18.3 Å². The van der Waals surface area contributed by atoms with Crippen LogP contribution in [-0.2, 0) is 13.5 Å². The first-order chi connectivity index (χ1) is 13.9. The molecule has 1 aliphatic heterocycles. The van der Waals surface area contributed by atoms with Crippen molar-refractivity contribution in [3.05, 3.63) is 70.1 Å². The van der Waals surface area contributed by atoms with Crippen LogP contribution in [0.25, 0.3) is 11.1 Å². The fourth-order valence-electron chi connectivity index (χ4n) is 3.36. The van der Waals surface area contributed by atoms with Crippen LogP contribution in [0.3, 0.4) is 0 Å². The molecule has 1 aromatic heterocycles. The number of hydrogen-bond acceptors (Lipinski definition) is 4. The molecular weight excluding hydrogens is 378 g/mol. The molecule has 0 atom stereocenters. The molecule has 0 aliphatic carbocycles. The van der Waals surface area contributed by atoms with E-state index < -0.39 is 11.6 Å². The molecule has 7 heteroatoms. The lowest BCUT2D eigenvalue weighted by Gasteiger charge is -2.19. The van der Waals surface area contributed by atoms with Gasteiger partial charge in [0.2, 0.25) is 0 Å². The minimum Gasteiger partial charge on any atom is -0.493 e. The second-order valence-electron chi connectivity index (χ2n) is 7.04. The highest BCUT2D eigenvalue weighted by Gasteiger charge is 2.19. The van der Waals surface area contributed by atoms with Crippen LogP contribution in [-0.4, -0.2) is 11.2 Å². The molecule has 3 aromatic rings. The van der Waals surface area contributed by atoms with Gasteiger partial charge in [0.05, 0.1) is 6.61 Å². The van der Waals surface area contributed by atoms with Gasteiger partial charge in [0, 0.05) is 42.2 Å². The van der Waals surface area contributed by atoms with Crippen molar-refractivity contribution in [1.82, 2.24) is 4.57 Å². The number of nitrogens with two attached hydrogens (primary N) is 1. The van der Waals surface area contributed by atoms with Crippen molar-refractivity contribution in [2.45, 2.75) is 19.3 Å². The first-order valence-electron chi connectivity index (χ1n) is 9.31. The third-order valence-corrected chi connectivity index (χ3v) is 4.91. The number of aryl methyl sites for hydroxylation is 2. The molecule has 0 saturated heterocycles. The molecule has 2 heterocycles. The predicted octanol–water partition coefficient (Wildman–Crippen LogP) is 4.42. The summed E-state index contributed by atoms with van der Waals surface area (Å²) < 4.78 is 41.0. The van der Waals surface area contributed by atoms with Crippen LogP contribution in [0.5, 0.6) is 17.2 Å². The van der Waals surface area contributed by atoms with Gasteiger partial charge in [-0.25, -0.2) is 8.78 Å². The van der Waals surface area contributed by atoms with Crippen LogP contribution in [0.2, 0.25) is 0 Å². The van der Waals surface area contributed by atoms with Gasteiger partial charge in [0.15, 0.2) is 11.6 Å². The third kappa shape index (κ3) is 3.81. The largest absolute Gasteiger partial charge is 0.493 e. The molecule has 0 radical (unpaired) electrons. The fourth-order valence-corrected chi connectivity index (χ4v) is 3.36. The van der Waals surface area contributed by atoms with Crippen LogP contribution in [0.1, 0.15) is 18.4 Å². The lowest BCUT2D eigenvalue weighted by molar-refractivity contribution is 0.306. The van der Waals surface area contributed by atoms with Crippen LogP contribution in [0.4, 0.5) is 14.5 Å². The van der Waals surface area contributed by atoms with Gasteiger partial charge in [0.25, 0.3) is 5.56 Å². The van der Waals surface area contributed by atoms with E-state index in [1.54, 1.807) is 31.4 Å². The minimum absolute atomic E-state index is 0.204. The van der Waals surface area contributed by atoms with Gasteiger partial charge in [-0.3, -0.25) is 4.79 Å². The number of benzene rings is 2. The zero-order valence-corrected chi connectivity index (χ0v) is 15.9. The van der Waals surface area contributed by atoms with E-state index >= 15 is 0 Å². The standard InChI is InChI=1S/C22H20F2N2O3/c1-26-12-16-15-9-14(25)5-6-19(15)29-20-10-18(24)17(23)8-13(20)4-2-3-7-28-21(16)11-22(26)27/h5-6,8-12H,2-4,7,25H2,1H3. The molecule has 1 aliphatic rings. The van der Waals surface area contributed by atoms with E-state index in [0.717, 1.165) is 6.07 Å². The van der Waals surface area contributed by atoms with E-state index in [9.17, 15) is 13.6 Å². The number of anilines is 1. The van der Waals surface area contributed by atoms with E-state index in [4.69, 9.17) is 15.2 Å². The monoisotopic (exact) mass is 398 g/mol. The summed E-state index contributed by atoms with van der Waals surface area (Å²) in [5, 5.41) is 0. The molecular formula is C22H20F2N2O3. The molecule has 0 saturated carbocycles. The first kappa shape index (κ1) is 19.0. The number of rotatable bonds is 0. The van der Waals surface area contributed by atoms with E-state index in [1.165, 1.54) is 16.7 Å². The molecule has 2 N–H and O–H groups in total. The molecule has 0 bridgehead atoms. The Labute approximate surface area is 166 Å². The maximum absolute atomic E-state index is 13.9. The second kappa shape index (κ2) is 7.58. The number of hydrogen-bond donors (Lipinski definition) is 1. The topological polar surface area (TPSA) is 66.5 Å². The summed E-state index contributed by atoms with van der Waals surface area (Å²) in [5.74, 6) is -0.805. The van der Waals surface area contributed by atoms with Gasteiger partial charge in [-0.05, 0) is 49.1 Å². The average molecular weight is 398 g/mol. The summed E-state index contributed by atoms with van der Waals surface area (Å²) in [6.07, 6.45) is 3.52. The van der Waals surface area contributed by atoms with E-state index in [2.05, 4.69) is 0 Å². The van der Waals surface area contributed by atoms with Crippen LogP contribution < -0.4 is 20.8 Å². The van der Waals surface area contributed by atoms with Gasteiger partial charge in [-0.15, -0.1) is 0 Å². The lowest BCUT2D eigenvalue weighted by Crippen LogP contribution is -2.16. The molecule has 0 fully saturated rings. The highest BCUT2D eigenvalue weighted by atomic mass is 19.2. The fraction of sp³-hybridized carbons (Fsp3) is 0.227. The number of nitrogen functional groups attached to an aromatic ring is 1. The van der Waals surface area contributed by atoms with Gasteiger partial charge in [-0.1, -0.05) is 0 Å². The van der Waals surface area contributed by atoms with E-state index in [-0.39, 0.29) is 11.3 Å². The second-order valence-corrected chi connectivity index (χ2v) is 7.04. The number of halogens is 2. The molecule has 29 heavy (non-hydrogen) atoms. The molecule has 4 rings (SSSR count). The number of ether oxygens (including phenoxy) is 2. The third-order valence-electron chi connectivity index (χ3n) is 4.91. The number of pyridine rings is 1. The Hall–Kier alpha value is -3.35. The van der Waals surface area contributed by atoms with Crippen molar-refractivity contribution in [1.29, 1.82) is 0 Å². The number of nitrogens with zero attached hydrogens (tertiary/aromatic N) is 1. The Morgan fingerprint density at radius 3 is 2.59 bits per heavy atom. The SMILES string of the molecule is Cn1cc2c(cc1=O)OCCCCc1cc(F)c(F)cc1Oc1ccc(N)cc1-2. The maximum Gasteiger partial charge on any atom is 0.254 e. The Morgan fingerprint density at radius 1 is 0.966 bits per heavy atom. The number of aromatic nitrogens is 1. The molecule has 0 unspecified atom stereocenters. The molecule has 0 amide bonds. The Bertz CT molecular complexity index is 1140. The molecule has 150 valence electrons. The zero-order chi connectivity index (χ0) is 20.5. The Balaban J connectivity index is 1.93. The Kier molecular flexibility index (Phi) is 4.96. The number of fused-ring (bicyclic) bond motifs is 4. The maximum atomic E-state index is 13.9. The van der Waals surface area contributed by atoms with Gasteiger partial charge >= 0.3 is 0 Å². The summed E-state index contributed by atoms with van der Waals surface area (Å²) in [6.45, 7) is 0.387. The zero-order valence-electron chi connectivity index (χ0n) is 15.9. The van der Waals surface area contributed by atoms with Crippen LogP contribution in [0.15, 0.2) is 47.4 Å². The van der Waals surface area contributed by atoms with Gasteiger partial charge in [0.1, 0.15) is 17.2 Å². The highest BCUT2D eigenvalue weighted by molar-refractivity contribution is 5.78. The van der Waals surface area contributed by atoms with E-state index in [0.29, 0.717) is 59.7 Å². The highest BCUT2D eigenvalue weighted by Crippen LogP contribution is 2.40. The van der Waals surface area contributed by atoms with Gasteiger partial charge < -0.3 is 19.8 Å². The van der Waals surface area contributed by atoms with Gasteiger partial charge in [-0.2, -0.15) is 0 Å². The van der Waals surface area contributed by atoms with Crippen molar-refractivity contribution in [2.24, 2.45) is 7.05 Å². The molecule has 0 spiro atoms. The Morgan fingerprint density at radius 2 is 1.76 bits per heavy atom. The van der Waals surface area contributed by atoms with Crippen LogP contribution >= 0.6 is 0 Å². The van der Waals surface area contributed by atoms with E-state index in [1.807, 2.05) is 0 Å². The predicted molar refractivity (Wildman–Crippen MR) is 106 cm³/mol. The summed E-state index contributed by atoms with van der Waals surface area (Å²) >= 11 is 0. The molecule has 2 aromatic carbocycles. The van der Waals surface area contributed by atoms with Crippen molar-refractivity contribution in [2.75, 3.05) is 12.3 Å². The van der Waals surface area contributed by atoms with Crippen molar-refractivity contribution >= 4 is 5.69 Å². The summed E-state index contributed by atoms with van der Waals surface area (Å²) in [5.41, 5.74) is 8.06. The quantitative estimate of drug-likeness (QED) is 0.570. The summed E-state index contributed by atoms with van der Waals surface area (Å²) in [6, 6.07) is 8.69. The normalized spacial score (nSPS) is 13.6. The lowest BCUT2D eigenvalue weighted by atomic mass is 10.0. The minimum atomic E-state index is -0.973. The van der Waals surface area contributed by atoms with Crippen molar-refractivity contribution in [3.63, 3.8) is 0 Å². The average Bonchev–Trinajstić information content (AvgIpc) is 2.68. The molecule has 5 nitrogen and oxygen atoms in total. The first-order valence-corrected chi connectivity index (χ1v) is 9.31. The summed E-state index contributed by atoms with van der Waals surface area (Å²) in [7, 11) is 1.64.